The van der Waals surface area contributed by atoms with Crippen LogP contribution in [0.4, 0.5) is 0 Å². The van der Waals surface area contributed by atoms with Gasteiger partial charge in [0.1, 0.15) is 43.8 Å². The zero-order chi connectivity index (χ0) is 42.2. The van der Waals surface area contributed by atoms with E-state index in [0.717, 1.165) is 43.2 Å². The molecule has 4 aromatic rings. The fourth-order valence-electron chi connectivity index (χ4n) is 6.60. The van der Waals surface area contributed by atoms with Crippen molar-refractivity contribution in [1.29, 1.82) is 0 Å². The molecule has 0 saturated heterocycles. The molecule has 0 aliphatic heterocycles. The van der Waals surface area contributed by atoms with Crippen molar-refractivity contribution < 1.29 is 45.6 Å². The van der Waals surface area contributed by atoms with Gasteiger partial charge < -0.3 is 24.2 Å². The maximum atomic E-state index is 11.8. The normalized spacial score (nSPS) is 11.3. The van der Waals surface area contributed by atoms with Crippen LogP contribution in [0.15, 0.2) is 94.7 Å². The van der Waals surface area contributed by atoms with Crippen molar-refractivity contribution in [2.45, 2.75) is 152 Å². The van der Waals surface area contributed by atoms with Crippen LogP contribution in [-0.2, 0) is 33.1 Å². The predicted molar refractivity (Wildman–Crippen MR) is 232 cm³/mol. The second-order valence-corrected chi connectivity index (χ2v) is 17.6. The number of benzene rings is 4. The van der Waals surface area contributed by atoms with Crippen LogP contribution < -0.4 is 14.6 Å². The van der Waals surface area contributed by atoms with Crippen molar-refractivity contribution in [3.05, 3.63) is 96.1 Å². The molecule has 0 unspecified atom stereocenters. The third-order valence-corrected chi connectivity index (χ3v) is 11.5. The Labute approximate surface area is 383 Å². The largest absolute Gasteiger partial charge is 2.00 e. The van der Waals surface area contributed by atoms with Crippen LogP contribution in [0.5, 0.6) is 34.5 Å². The maximum Gasteiger partial charge on any atom is 2.00 e. The second kappa shape index (κ2) is 28.6. The van der Waals surface area contributed by atoms with Crippen LogP contribution in [0.2, 0.25) is 0 Å². The summed E-state index contributed by atoms with van der Waals surface area (Å²) in [5.74, 6) is 0.236. The van der Waals surface area contributed by atoms with Crippen LogP contribution in [0.25, 0.3) is 0 Å². The molecule has 0 aromatic heterocycles. The molecule has 0 aliphatic rings. The third-order valence-electron chi connectivity index (χ3n) is 9.78. The molecule has 0 aliphatic carbocycles. The van der Waals surface area contributed by atoms with Crippen molar-refractivity contribution >= 4 is 58.0 Å². The van der Waals surface area contributed by atoms with Gasteiger partial charge >= 0.3 is 37.7 Å². The van der Waals surface area contributed by atoms with Gasteiger partial charge in [-0.1, -0.05) is 147 Å². The fraction of sp³-hybridized carbons (Fsp3) is 0.478. The minimum absolute atomic E-state index is 0. The Balaban J connectivity index is 0.000000400. The first-order chi connectivity index (χ1) is 27.8. The van der Waals surface area contributed by atoms with Crippen molar-refractivity contribution in [2.75, 3.05) is 0 Å². The summed E-state index contributed by atoms with van der Waals surface area (Å²) in [7, 11) is -9.11. The number of unbranched alkanes of at least 4 members (excludes halogenated alkanes) is 16. The van der Waals surface area contributed by atoms with E-state index in [-0.39, 0.29) is 76.3 Å². The number of aryl methyl sites for hydroxylation is 2. The molecule has 0 heterocycles. The number of phenolic OH excluding ortho intramolecular Hbond substituents is 1. The summed E-state index contributed by atoms with van der Waals surface area (Å²) in [4.78, 5) is -0.642. The van der Waals surface area contributed by atoms with Gasteiger partial charge in [0.25, 0.3) is 10.1 Å². The minimum atomic E-state index is -4.69. The van der Waals surface area contributed by atoms with Gasteiger partial charge in [-0.25, -0.2) is 8.42 Å². The molecule has 320 valence electrons. The molecule has 0 amide bonds. The Bertz CT molecular complexity index is 1870. The van der Waals surface area contributed by atoms with Crippen LogP contribution in [0.3, 0.4) is 0 Å². The van der Waals surface area contributed by atoms with Crippen LogP contribution >= 0.6 is 0 Å². The maximum absolute atomic E-state index is 11.8. The van der Waals surface area contributed by atoms with Crippen molar-refractivity contribution in [3.63, 3.8) is 0 Å². The Morgan fingerprint density at radius 1 is 0.525 bits per heavy atom. The zero-order valence-electron chi connectivity index (χ0n) is 34.9. The molecule has 0 saturated carbocycles. The summed E-state index contributed by atoms with van der Waals surface area (Å²) in [5.41, 5.74) is 1.65. The number of phenols is 1. The van der Waals surface area contributed by atoms with Crippen molar-refractivity contribution in [3.8, 4) is 34.5 Å². The summed E-state index contributed by atoms with van der Waals surface area (Å²) in [6.07, 6.45) is 23.4. The first-order valence-electron chi connectivity index (χ1n) is 20.9. The third kappa shape index (κ3) is 21.5. The monoisotopic (exact) mass is 878 g/mol. The van der Waals surface area contributed by atoms with Gasteiger partial charge in [-0.05, 0) is 85.3 Å². The number of aromatic hydroxyl groups is 1. The van der Waals surface area contributed by atoms with Gasteiger partial charge in [-0.15, -0.1) is 5.75 Å². The molecule has 4 aromatic carbocycles. The van der Waals surface area contributed by atoms with E-state index in [0.29, 0.717) is 12.2 Å². The molecule has 59 heavy (non-hydrogen) atoms. The number of rotatable bonds is 26. The average Bonchev–Trinajstić information content (AvgIpc) is 3.17. The van der Waals surface area contributed by atoms with Crippen LogP contribution in [-0.4, -0.2) is 68.8 Å². The van der Waals surface area contributed by atoms with E-state index in [1.807, 2.05) is 6.07 Å². The van der Waals surface area contributed by atoms with Gasteiger partial charge in [-0.2, -0.15) is 8.42 Å². The van der Waals surface area contributed by atoms with Crippen LogP contribution in [0.1, 0.15) is 141 Å². The second-order valence-electron chi connectivity index (χ2n) is 14.8. The minimum Gasteiger partial charge on any atom is -0.872 e. The summed E-state index contributed by atoms with van der Waals surface area (Å²) >= 11 is 0. The molecule has 4 rings (SSSR count). The zero-order valence-corrected chi connectivity index (χ0v) is 38.8. The SMILES string of the molecule is CCCCCCCCCCCc1ccc(Oc2cccc(O)c2)c(S(=O)(=O)O)c1.CCCCCCCCCCCc1ccc(Oc2cccc([O-])c2)c(S(=O)(=O)[O-])c1.[Ca+2]. The topological polar surface area (TPSA) is 173 Å². The standard InChI is InChI=1S/2C23H32O5S.Ca/c2*1-2-3-4-5-6-7-8-9-10-12-19-15-16-22(23(17-19)29(25,26)27)28-21-14-11-13-20(24)18-21;/h2*11,13-18,24H,2-10,12H2,1H3,(H,25,26,27);/q;;+2/p-2. The molecule has 0 fully saturated rings. The summed E-state index contributed by atoms with van der Waals surface area (Å²) in [5, 5.41) is 20.9. The van der Waals surface area contributed by atoms with E-state index in [2.05, 4.69) is 13.8 Å². The molecule has 0 radical (unpaired) electrons. The van der Waals surface area contributed by atoms with E-state index in [4.69, 9.17) is 9.47 Å². The molecule has 0 bridgehead atoms. The Morgan fingerprint density at radius 3 is 1.36 bits per heavy atom. The summed E-state index contributed by atoms with van der Waals surface area (Å²) < 4.78 is 79.4. The summed E-state index contributed by atoms with van der Waals surface area (Å²) in [6, 6.07) is 21.2. The van der Waals surface area contributed by atoms with E-state index < -0.39 is 20.2 Å². The average molecular weight is 879 g/mol. The smallest absolute Gasteiger partial charge is 0.872 e. The molecule has 13 heteroatoms. The number of ether oxygens (including phenoxy) is 2. The molecular formula is C46H62CaO10S2. The number of hydrogen-bond donors (Lipinski definition) is 2. The Hall–Kier alpha value is -2.84. The van der Waals surface area contributed by atoms with Gasteiger partial charge in [0.2, 0.25) is 0 Å². The van der Waals surface area contributed by atoms with Crippen molar-refractivity contribution in [2.24, 2.45) is 0 Å². The quantitative estimate of drug-likeness (QED) is 0.0351. The van der Waals surface area contributed by atoms with Gasteiger partial charge in [0.15, 0.2) is 0 Å². The predicted octanol–water partition coefficient (Wildman–Crippen LogP) is 11.7. The Morgan fingerprint density at radius 2 is 0.932 bits per heavy atom. The summed E-state index contributed by atoms with van der Waals surface area (Å²) in [6.45, 7) is 4.44. The van der Waals surface area contributed by atoms with E-state index >= 15 is 0 Å². The van der Waals surface area contributed by atoms with Gasteiger partial charge in [-0.3, -0.25) is 4.55 Å². The van der Waals surface area contributed by atoms with Crippen LogP contribution in [0, 0.1) is 0 Å². The molecule has 2 N–H and O–H groups in total. The first kappa shape index (κ1) is 52.3. The van der Waals surface area contributed by atoms with E-state index in [1.54, 1.807) is 30.3 Å². The first-order valence-corrected chi connectivity index (χ1v) is 23.8. The fourth-order valence-corrected chi connectivity index (χ4v) is 7.92. The van der Waals surface area contributed by atoms with E-state index in [1.165, 1.54) is 138 Å². The molecular weight excluding hydrogens is 817 g/mol. The molecule has 0 atom stereocenters. The van der Waals surface area contributed by atoms with Gasteiger partial charge in [0, 0.05) is 6.07 Å². The number of hydrogen-bond acceptors (Lipinski definition) is 9. The van der Waals surface area contributed by atoms with Gasteiger partial charge in [0.05, 0.1) is 4.90 Å². The Kier molecular flexibility index (Phi) is 25.4. The van der Waals surface area contributed by atoms with Crippen molar-refractivity contribution in [1.82, 2.24) is 0 Å². The molecule has 0 spiro atoms. The van der Waals surface area contributed by atoms with E-state index in [9.17, 15) is 36.2 Å². The molecule has 10 nitrogen and oxygen atoms in total.